The summed E-state index contributed by atoms with van der Waals surface area (Å²) >= 11 is 0. The van der Waals surface area contributed by atoms with E-state index in [0.29, 0.717) is 5.69 Å². The summed E-state index contributed by atoms with van der Waals surface area (Å²) in [5.74, 6) is -2.29. The third kappa shape index (κ3) is 5.32. The van der Waals surface area contributed by atoms with Gasteiger partial charge < -0.3 is 20.1 Å². The second kappa shape index (κ2) is 9.64. The molecule has 1 aromatic rings. The Morgan fingerprint density at radius 1 is 0.958 bits per heavy atom. The maximum absolute atomic E-state index is 12.5. The molecule has 0 saturated heterocycles. The van der Waals surface area contributed by atoms with Gasteiger partial charge in [-0.3, -0.25) is 14.4 Å². The predicted molar refractivity (Wildman–Crippen MR) is 89.4 cm³/mol. The molecule has 1 rings (SSSR count). The number of carbonyl (C=O) groups excluding carboxylic acids is 3. The molecular formula is C16H23N3O5. The van der Waals surface area contributed by atoms with E-state index in [1.807, 2.05) is 0 Å². The summed E-state index contributed by atoms with van der Waals surface area (Å²) in [6, 6.07) is 6.13. The molecule has 1 aromatic carbocycles. The van der Waals surface area contributed by atoms with Crippen molar-refractivity contribution in [1.82, 2.24) is 4.90 Å². The molecule has 0 aliphatic carbocycles. The molecule has 8 heteroatoms. The van der Waals surface area contributed by atoms with Gasteiger partial charge in [-0.15, -0.1) is 0 Å². The summed E-state index contributed by atoms with van der Waals surface area (Å²) in [4.78, 5) is 39.0. The molecule has 24 heavy (non-hydrogen) atoms. The van der Waals surface area contributed by atoms with Crippen LogP contribution in [0.2, 0.25) is 0 Å². The summed E-state index contributed by atoms with van der Waals surface area (Å²) < 4.78 is 9.90. The molecule has 0 atom stereocenters. The van der Waals surface area contributed by atoms with Gasteiger partial charge in [0.15, 0.2) is 0 Å². The highest BCUT2D eigenvalue weighted by Crippen LogP contribution is 2.17. The van der Waals surface area contributed by atoms with Crippen LogP contribution in [0.3, 0.4) is 0 Å². The van der Waals surface area contributed by atoms with Gasteiger partial charge in [-0.25, -0.2) is 4.90 Å². The number of nitrogens with two attached hydrogens (primary N) is 1. The Morgan fingerprint density at radius 2 is 1.46 bits per heavy atom. The van der Waals surface area contributed by atoms with Gasteiger partial charge in [-0.2, -0.15) is 0 Å². The van der Waals surface area contributed by atoms with Gasteiger partial charge in [0.1, 0.15) is 0 Å². The Bertz CT molecular complexity index is 566. The smallest absolute Gasteiger partial charge is 0.323 e. The van der Waals surface area contributed by atoms with E-state index < -0.39 is 17.7 Å². The van der Waals surface area contributed by atoms with E-state index in [1.165, 1.54) is 38.2 Å². The number of amides is 3. The molecule has 0 saturated carbocycles. The van der Waals surface area contributed by atoms with Crippen molar-refractivity contribution in [3.63, 3.8) is 0 Å². The summed E-state index contributed by atoms with van der Waals surface area (Å²) in [6.07, 6.45) is 0. The standard InChI is InChI=1S/C16H23N3O5/c1-12(20)19(14-6-4-13(17)5-7-14)16(22)15(21)18(8-10-23-2)9-11-24-3/h4-7H,8-11,17H2,1-3H3. The topological polar surface area (TPSA) is 102 Å². The average molecular weight is 337 g/mol. The Hall–Kier alpha value is -2.45. The lowest BCUT2D eigenvalue weighted by Crippen LogP contribution is -2.49. The van der Waals surface area contributed by atoms with Crippen molar-refractivity contribution in [1.29, 1.82) is 0 Å². The van der Waals surface area contributed by atoms with Crippen molar-refractivity contribution >= 4 is 29.1 Å². The Morgan fingerprint density at radius 3 is 1.88 bits per heavy atom. The third-order valence-electron chi connectivity index (χ3n) is 3.27. The van der Waals surface area contributed by atoms with E-state index in [-0.39, 0.29) is 32.0 Å². The number of imide groups is 1. The third-order valence-corrected chi connectivity index (χ3v) is 3.27. The van der Waals surface area contributed by atoms with Gasteiger partial charge in [0.25, 0.3) is 0 Å². The van der Waals surface area contributed by atoms with Gasteiger partial charge in [0.05, 0.1) is 18.9 Å². The van der Waals surface area contributed by atoms with Crippen molar-refractivity contribution in [3.8, 4) is 0 Å². The van der Waals surface area contributed by atoms with Crippen LogP contribution in [0, 0.1) is 0 Å². The highest BCUT2D eigenvalue weighted by Gasteiger charge is 2.30. The van der Waals surface area contributed by atoms with Gasteiger partial charge in [0.2, 0.25) is 5.91 Å². The van der Waals surface area contributed by atoms with Crippen molar-refractivity contribution in [2.24, 2.45) is 0 Å². The van der Waals surface area contributed by atoms with Crippen LogP contribution in [0.1, 0.15) is 6.92 Å². The number of anilines is 2. The van der Waals surface area contributed by atoms with Crippen LogP contribution in [-0.2, 0) is 23.9 Å². The first-order chi connectivity index (χ1) is 11.4. The Kier molecular flexibility index (Phi) is 7.87. The summed E-state index contributed by atoms with van der Waals surface area (Å²) in [5.41, 5.74) is 6.38. The quantitative estimate of drug-likeness (QED) is 0.566. The lowest BCUT2D eigenvalue weighted by atomic mass is 10.2. The zero-order valence-corrected chi connectivity index (χ0v) is 14.2. The SMILES string of the molecule is COCCN(CCOC)C(=O)C(=O)N(C(C)=O)c1ccc(N)cc1. The zero-order valence-electron chi connectivity index (χ0n) is 14.2. The monoisotopic (exact) mass is 337 g/mol. The van der Waals surface area contributed by atoms with Crippen LogP contribution in [0.15, 0.2) is 24.3 Å². The molecule has 0 fully saturated rings. The van der Waals surface area contributed by atoms with Crippen molar-refractivity contribution < 1.29 is 23.9 Å². The molecule has 0 radical (unpaired) electrons. The molecule has 132 valence electrons. The van der Waals surface area contributed by atoms with E-state index in [4.69, 9.17) is 15.2 Å². The minimum Gasteiger partial charge on any atom is -0.399 e. The molecular weight excluding hydrogens is 314 g/mol. The maximum Gasteiger partial charge on any atom is 0.323 e. The molecule has 8 nitrogen and oxygen atoms in total. The molecule has 0 aliphatic rings. The molecule has 0 bridgehead atoms. The largest absolute Gasteiger partial charge is 0.399 e. The van der Waals surface area contributed by atoms with Crippen molar-refractivity contribution in [3.05, 3.63) is 24.3 Å². The minimum atomic E-state index is -0.931. The first-order valence-electron chi connectivity index (χ1n) is 7.39. The number of hydrogen-bond donors (Lipinski definition) is 1. The normalized spacial score (nSPS) is 10.3. The van der Waals surface area contributed by atoms with Gasteiger partial charge in [-0.05, 0) is 24.3 Å². The lowest BCUT2D eigenvalue weighted by Gasteiger charge is -2.25. The van der Waals surface area contributed by atoms with Crippen LogP contribution < -0.4 is 10.6 Å². The van der Waals surface area contributed by atoms with E-state index in [1.54, 1.807) is 12.1 Å². The zero-order chi connectivity index (χ0) is 18.1. The molecule has 0 unspecified atom stereocenters. The van der Waals surface area contributed by atoms with Gasteiger partial charge in [-0.1, -0.05) is 0 Å². The van der Waals surface area contributed by atoms with E-state index >= 15 is 0 Å². The number of nitrogen functional groups attached to an aromatic ring is 1. The summed E-state index contributed by atoms with van der Waals surface area (Å²) in [6.45, 7) is 2.20. The molecule has 0 spiro atoms. The van der Waals surface area contributed by atoms with Gasteiger partial charge >= 0.3 is 11.8 Å². The summed E-state index contributed by atoms with van der Waals surface area (Å²) in [7, 11) is 2.99. The second-order valence-corrected chi connectivity index (χ2v) is 5.03. The number of hydrogen-bond acceptors (Lipinski definition) is 6. The number of benzene rings is 1. The lowest BCUT2D eigenvalue weighted by molar-refractivity contribution is -0.146. The minimum absolute atomic E-state index is 0.220. The fourth-order valence-corrected chi connectivity index (χ4v) is 2.01. The Labute approximate surface area is 141 Å². The highest BCUT2D eigenvalue weighted by atomic mass is 16.5. The van der Waals surface area contributed by atoms with Crippen LogP contribution in [-0.4, -0.2) is 63.1 Å². The predicted octanol–water partition coefficient (Wildman–Crippen LogP) is 0.270. The number of ether oxygens (including phenoxy) is 2. The fraction of sp³-hybridized carbons (Fsp3) is 0.438. The average Bonchev–Trinajstić information content (AvgIpc) is 2.56. The molecule has 0 aromatic heterocycles. The number of carbonyl (C=O) groups is 3. The van der Waals surface area contributed by atoms with Crippen LogP contribution >= 0.6 is 0 Å². The first kappa shape index (κ1) is 19.6. The van der Waals surface area contributed by atoms with Gasteiger partial charge in [0, 0.05) is 39.9 Å². The van der Waals surface area contributed by atoms with E-state index in [0.717, 1.165) is 4.90 Å². The summed E-state index contributed by atoms with van der Waals surface area (Å²) in [5, 5.41) is 0. The molecule has 3 amide bonds. The molecule has 0 aliphatic heterocycles. The van der Waals surface area contributed by atoms with Crippen LogP contribution in [0.25, 0.3) is 0 Å². The van der Waals surface area contributed by atoms with Crippen molar-refractivity contribution in [2.75, 3.05) is 51.2 Å². The maximum atomic E-state index is 12.5. The number of nitrogens with zero attached hydrogens (tertiary/aromatic N) is 2. The fourth-order valence-electron chi connectivity index (χ4n) is 2.01. The number of methoxy groups -OCH3 is 2. The van der Waals surface area contributed by atoms with Crippen molar-refractivity contribution in [2.45, 2.75) is 6.92 Å². The molecule has 2 N–H and O–H groups in total. The van der Waals surface area contributed by atoms with E-state index in [2.05, 4.69) is 0 Å². The van der Waals surface area contributed by atoms with Crippen LogP contribution in [0.4, 0.5) is 11.4 Å². The number of rotatable bonds is 7. The van der Waals surface area contributed by atoms with E-state index in [9.17, 15) is 14.4 Å². The second-order valence-electron chi connectivity index (χ2n) is 5.03. The highest BCUT2D eigenvalue weighted by molar-refractivity contribution is 6.45. The molecule has 0 heterocycles. The van der Waals surface area contributed by atoms with Crippen LogP contribution in [0.5, 0.6) is 0 Å². The Balaban J connectivity index is 3.00. The first-order valence-corrected chi connectivity index (χ1v) is 7.39.